The molecule has 0 aromatic heterocycles. The third-order valence-corrected chi connectivity index (χ3v) is 1.88. The number of carbonyl (C=O) groups is 2. The summed E-state index contributed by atoms with van der Waals surface area (Å²) in [7, 11) is 0. The van der Waals surface area contributed by atoms with E-state index in [-0.39, 0.29) is 13.0 Å². The van der Waals surface area contributed by atoms with Crippen LogP contribution < -0.4 is 5.73 Å². The fourth-order valence-corrected chi connectivity index (χ4v) is 0.770. The molecule has 1 rings (SSSR count). The zero-order valence-corrected chi connectivity index (χ0v) is 8.30. The zero-order chi connectivity index (χ0) is 11.8. The van der Waals surface area contributed by atoms with E-state index in [0.717, 1.165) is 19.5 Å². The van der Waals surface area contributed by atoms with Crippen LogP contribution in [0.2, 0.25) is 0 Å². The van der Waals surface area contributed by atoms with E-state index in [2.05, 4.69) is 0 Å². The van der Waals surface area contributed by atoms with Crippen LogP contribution in [0.5, 0.6) is 0 Å². The number of aliphatic hydroxyl groups excluding tert-OH is 1. The summed E-state index contributed by atoms with van der Waals surface area (Å²) in [5.74, 6) is -1.07. The lowest BCUT2D eigenvalue weighted by Gasteiger charge is -2.27. The van der Waals surface area contributed by atoms with Gasteiger partial charge in [-0.2, -0.15) is 0 Å². The summed E-state index contributed by atoms with van der Waals surface area (Å²) < 4.78 is 0. The van der Waals surface area contributed by atoms with Crippen molar-refractivity contribution in [1.29, 1.82) is 0 Å². The smallest absolute Gasteiger partial charge is 0.407 e. The molecular formula is C8H16N2O5. The number of carboxylic acid groups (broad SMARTS) is 2. The summed E-state index contributed by atoms with van der Waals surface area (Å²) >= 11 is 0. The first kappa shape index (κ1) is 13.7. The predicted octanol–water partition coefficient (Wildman–Crippen LogP) is -0.849. The molecule has 1 atom stereocenters. The molecule has 7 heteroatoms. The second kappa shape index (κ2) is 7.02. The van der Waals surface area contributed by atoms with Gasteiger partial charge in [-0.05, 0) is 12.8 Å². The second-order valence-corrected chi connectivity index (χ2v) is 3.08. The maximum absolute atomic E-state index is 9.91. The van der Waals surface area contributed by atoms with Gasteiger partial charge in [0.2, 0.25) is 0 Å². The summed E-state index contributed by atoms with van der Waals surface area (Å²) in [6.45, 7) is 1.29. The van der Waals surface area contributed by atoms with Gasteiger partial charge in [-0.15, -0.1) is 0 Å². The van der Waals surface area contributed by atoms with E-state index < -0.39 is 18.1 Å². The first-order valence-corrected chi connectivity index (χ1v) is 4.56. The molecule has 1 unspecified atom stereocenters. The van der Waals surface area contributed by atoms with Gasteiger partial charge in [-0.3, -0.25) is 4.79 Å². The Hall–Kier alpha value is -1.34. The van der Waals surface area contributed by atoms with Gasteiger partial charge in [0, 0.05) is 19.7 Å². The molecule has 1 aliphatic rings. The van der Waals surface area contributed by atoms with Crippen LogP contribution in [0.25, 0.3) is 0 Å². The predicted molar refractivity (Wildman–Crippen MR) is 51.5 cm³/mol. The van der Waals surface area contributed by atoms with E-state index >= 15 is 0 Å². The molecule has 0 aromatic rings. The highest BCUT2D eigenvalue weighted by Crippen LogP contribution is 2.03. The summed E-state index contributed by atoms with van der Waals surface area (Å²) in [6, 6.07) is -0.917. The summed E-state index contributed by atoms with van der Waals surface area (Å²) in [4.78, 5) is 21.1. The number of aliphatic carboxylic acids is 1. The number of hydrogen-bond acceptors (Lipinski definition) is 4. The SMILES string of the molecule is NC(CCO)C(=O)O.O=C(O)N1CCC1. The van der Waals surface area contributed by atoms with Crippen molar-refractivity contribution in [2.24, 2.45) is 5.73 Å². The third-order valence-electron chi connectivity index (χ3n) is 1.88. The number of nitrogens with zero attached hydrogens (tertiary/aromatic N) is 1. The molecule has 5 N–H and O–H groups in total. The molecule has 1 aliphatic heterocycles. The van der Waals surface area contributed by atoms with Crippen molar-refractivity contribution in [1.82, 2.24) is 4.90 Å². The van der Waals surface area contributed by atoms with E-state index in [1.807, 2.05) is 0 Å². The maximum atomic E-state index is 9.91. The molecule has 1 amide bonds. The number of carboxylic acids is 1. The summed E-state index contributed by atoms with van der Waals surface area (Å²) in [5.41, 5.74) is 4.97. The number of likely N-dealkylation sites (tertiary alicyclic amines) is 1. The van der Waals surface area contributed by atoms with Crippen LogP contribution in [-0.2, 0) is 4.79 Å². The largest absolute Gasteiger partial charge is 0.480 e. The number of aliphatic hydroxyl groups is 1. The second-order valence-electron chi connectivity index (χ2n) is 3.08. The molecule has 0 spiro atoms. The maximum Gasteiger partial charge on any atom is 0.407 e. The van der Waals surface area contributed by atoms with Crippen LogP contribution in [-0.4, -0.2) is 58.0 Å². The van der Waals surface area contributed by atoms with Crippen LogP contribution in [0.15, 0.2) is 0 Å². The van der Waals surface area contributed by atoms with Gasteiger partial charge in [-0.25, -0.2) is 4.79 Å². The van der Waals surface area contributed by atoms with Gasteiger partial charge in [0.15, 0.2) is 0 Å². The van der Waals surface area contributed by atoms with Crippen molar-refractivity contribution < 1.29 is 24.9 Å². The van der Waals surface area contributed by atoms with Gasteiger partial charge in [0.25, 0.3) is 0 Å². The number of hydrogen-bond donors (Lipinski definition) is 4. The van der Waals surface area contributed by atoms with Gasteiger partial charge in [-0.1, -0.05) is 0 Å². The van der Waals surface area contributed by atoms with E-state index in [9.17, 15) is 9.59 Å². The zero-order valence-electron chi connectivity index (χ0n) is 8.30. The fraction of sp³-hybridized carbons (Fsp3) is 0.750. The minimum Gasteiger partial charge on any atom is -0.480 e. The highest BCUT2D eigenvalue weighted by atomic mass is 16.4. The van der Waals surface area contributed by atoms with Gasteiger partial charge in [0.05, 0.1) is 0 Å². The van der Waals surface area contributed by atoms with Crippen LogP contribution in [0.1, 0.15) is 12.8 Å². The van der Waals surface area contributed by atoms with Gasteiger partial charge in [0.1, 0.15) is 6.04 Å². The van der Waals surface area contributed by atoms with Gasteiger partial charge >= 0.3 is 12.1 Å². The standard InChI is InChI=1S/C4H9NO3.C4H7NO2/c5-3(1-2-6)4(7)8;6-4(7)5-2-1-3-5/h3,6H,1-2,5H2,(H,7,8);1-3H2,(H,6,7). The van der Waals surface area contributed by atoms with Crippen LogP contribution in [0.3, 0.4) is 0 Å². The molecule has 88 valence electrons. The lowest BCUT2D eigenvalue weighted by Crippen LogP contribution is -2.40. The highest BCUT2D eigenvalue weighted by Gasteiger charge is 2.17. The number of nitrogens with two attached hydrogens (primary N) is 1. The summed E-state index contributed by atoms with van der Waals surface area (Å²) in [6.07, 6.45) is 0.369. The van der Waals surface area contributed by atoms with Crippen molar-refractivity contribution in [3.63, 3.8) is 0 Å². The van der Waals surface area contributed by atoms with Crippen molar-refractivity contribution in [3.8, 4) is 0 Å². The van der Waals surface area contributed by atoms with E-state index in [1.165, 1.54) is 4.90 Å². The van der Waals surface area contributed by atoms with Crippen molar-refractivity contribution in [3.05, 3.63) is 0 Å². The van der Waals surface area contributed by atoms with E-state index in [1.54, 1.807) is 0 Å². The molecule has 0 saturated carbocycles. The Morgan fingerprint density at radius 3 is 1.93 bits per heavy atom. The average molecular weight is 220 g/mol. The molecule has 0 radical (unpaired) electrons. The molecule has 1 saturated heterocycles. The van der Waals surface area contributed by atoms with Crippen molar-refractivity contribution >= 4 is 12.1 Å². The van der Waals surface area contributed by atoms with Crippen LogP contribution in [0, 0.1) is 0 Å². The van der Waals surface area contributed by atoms with E-state index in [0.29, 0.717) is 0 Å². The Morgan fingerprint density at radius 2 is 1.87 bits per heavy atom. The number of amides is 1. The Kier molecular flexibility index (Phi) is 6.39. The average Bonchev–Trinajstić information content (AvgIpc) is 2.01. The molecule has 15 heavy (non-hydrogen) atoms. The Balaban J connectivity index is 0.000000262. The third kappa shape index (κ3) is 5.87. The number of rotatable bonds is 3. The summed E-state index contributed by atoms with van der Waals surface area (Å²) in [5, 5.41) is 24.4. The topological polar surface area (TPSA) is 124 Å². The molecular weight excluding hydrogens is 204 g/mol. The Labute approximate surface area is 87.1 Å². The van der Waals surface area contributed by atoms with Crippen LogP contribution in [0.4, 0.5) is 4.79 Å². The lowest BCUT2D eigenvalue weighted by atomic mass is 10.2. The molecule has 0 aromatic carbocycles. The minimum atomic E-state index is -1.07. The Bertz CT molecular complexity index is 217. The van der Waals surface area contributed by atoms with Crippen LogP contribution >= 0.6 is 0 Å². The molecule has 7 nitrogen and oxygen atoms in total. The monoisotopic (exact) mass is 220 g/mol. The van der Waals surface area contributed by atoms with E-state index in [4.69, 9.17) is 21.1 Å². The quantitative estimate of drug-likeness (QED) is 0.491. The first-order chi connectivity index (χ1) is 6.99. The van der Waals surface area contributed by atoms with Gasteiger partial charge < -0.3 is 26.0 Å². The minimum absolute atomic E-state index is 0.120. The molecule has 0 aliphatic carbocycles. The first-order valence-electron chi connectivity index (χ1n) is 4.56. The lowest BCUT2D eigenvalue weighted by molar-refractivity contribution is -0.138. The van der Waals surface area contributed by atoms with Crippen molar-refractivity contribution in [2.75, 3.05) is 19.7 Å². The molecule has 1 heterocycles. The molecule has 1 fully saturated rings. The Morgan fingerprint density at radius 1 is 1.33 bits per heavy atom. The van der Waals surface area contributed by atoms with Crippen molar-refractivity contribution in [2.45, 2.75) is 18.9 Å². The molecule has 0 bridgehead atoms. The normalized spacial score (nSPS) is 15.7. The highest BCUT2D eigenvalue weighted by molar-refractivity contribution is 5.72. The fourth-order valence-electron chi connectivity index (χ4n) is 0.770.